The van der Waals surface area contributed by atoms with Crippen molar-refractivity contribution < 1.29 is 22.7 Å². The van der Waals surface area contributed by atoms with Crippen LogP contribution >= 0.6 is 22.9 Å². The molecule has 0 aliphatic rings. The molecule has 9 heteroatoms. The predicted molar refractivity (Wildman–Crippen MR) is 86.1 cm³/mol. The number of nitrogens with zero attached hydrogens (tertiary/aromatic N) is 1. The molecule has 0 spiro atoms. The molecule has 0 bridgehead atoms. The average Bonchev–Trinajstić information content (AvgIpc) is 2.94. The zero-order chi connectivity index (χ0) is 17.6. The molecule has 0 fully saturated rings. The summed E-state index contributed by atoms with van der Waals surface area (Å²) in [6, 6.07) is 7.25. The topological polar surface area (TPSA) is 51.2 Å². The molecule has 0 saturated heterocycles. The number of carbonyl (C=O) groups excluding carboxylic acids is 1. The van der Waals surface area contributed by atoms with Crippen molar-refractivity contribution in [2.24, 2.45) is 0 Å². The molecule has 24 heavy (non-hydrogen) atoms. The lowest BCUT2D eigenvalue weighted by Crippen LogP contribution is -2.30. The summed E-state index contributed by atoms with van der Waals surface area (Å²) in [5.74, 6) is -0.332. The molecule has 4 nitrogen and oxygen atoms in total. The van der Waals surface area contributed by atoms with Crippen LogP contribution in [0.4, 0.5) is 13.2 Å². The number of alkyl halides is 3. The van der Waals surface area contributed by atoms with E-state index in [1.807, 2.05) is 18.2 Å². The molecule has 2 aromatic rings. The van der Waals surface area contributed by atoms with E-state index in [0.29, 0.717) is 15.7 Å². The third kappa shape index (κ3) is 6.10. The SMILES string of the molecule is O=C(Cc1csc(-c2ccccc2Cl)n1)NCCOCC(F)(F)F. The molecular weight excluding hydrogens is 365 g/mol. The molecule has 0 radical (unpaired) electrons. The second kappa shape index (κ2) is 8.46. The van der Waals surface area contributed by atoms with Crippen molar-refractivity contribution in [3.8, 4) is 10.6 Å². The van der Waals surface area contributed by atoms with Crippen LogP contribution in [0.25, 0.3) is 10.6 Å². The first-order valence-corrected chi connectivity index (χ1v) is 8.21. The highest BCUT2D eigenvalue weighted by Gasteiger charge is 2.27. The molecule has 1 amide bonds. The standard InChI is InChI=1S/C15H14ClF3N2O2S/c16-12-4-2-1-3-11(12)14-21-10(8-24-14)7-13(22)20-5-6-23-9-15(17,18)19/h1-4,8H,5-7,9H2,(H,20,22). The van der Waals surface area contributed by atoms with Crippen LogP contribution in [-0.2, 0) is 16.0 Å². The average molecular weight is 379 g/mol. The zero-order valence-electron chi connectivity index (χ0n) is 12.4. The van der Waals surface area contributed by atoms with Gasteiger partial charge in [-0.15, -0.1) is 11.3 Å². The maximum atomic E-state index is 11.9. The van der Waals surface area contributed by atoms with Crippen molar-refractivity contribution in [3.63, 3.8) is 0 Å². The quantitative estimate of drug-likeness (QED) is 0.747. The monoisotopic (exact) mass is 378 g/mol. The summed E-state index contributed by atoms with van der Waals surface area (Å²) in [6.07, 6.45) is -4.32. The van der Waals surface area contributed by atoms with Crippen LogP contribution in [0.15, 0.2) is 29.6 Å². The van der Waals surface area contributed by atoms with E-state index in [1.165, 1.54) is 11.3 Å². The third-order valence-electron chi connectivity index (χ3n) is 2.83. The Balaban J connectivity index is 1.78. The number of ether oxygens (including phenoxy) is 1. The van der Waals surface area contributed by atoms with Gasteiger partial charge in [0.15, 0.2) is 0 Å². The van der Waals surface area contributed by atoms with E-state index in [4.69, 9.17) is 11.6 Å². The molecular formula is C15H14ClF3N2O2S. The highest BCUT2D eigenvalue weighted by atomic mass is 35.5. The van der Waals surface area contributed by atoms with Crippen LogP contribution in [-0.4, -0.2) is 36.8 Å². The Labute approximate surface area is 145 Å². The predicted octanol–water partition coefficient (Wildman–Crippen LogP) is 3.70. The van der Waals surface area contributed by atoms with Gasteiger partial charge in [0.25, 0.3) is 0 Å². The lowest BCUT2D eigenvalue weighted by molar-refractivity contribution is -0.173. The van der Waals surface area contributed by atoms with Crippen LogP contribution in [0.1, 0.15) is 5.69 Å². The van der Waals surface area contributed by atoms with Gasteiger partial charge in [-0.3, -0.25) is 4.79 Å². The number of aromatic nitrogens is 1. The lowest BCUT2D eigenvalue weighted by Gasteiger charge is -2.08. The Morgan fingerprint density at radius 1 is 1.33 bits per heavy atom. The van der Waals surface area contributed by atoms with Crippen LogP contribution in [0, 0.1) is 0 Å². The van der Waals surface area contributed by atoms with Crippen molar-refractivity contribution in [1.29, 1.82) is 0 Å². The Bertz CT molecular complexity index is 691. The van der Waals surface area contributed by atoms with Gasteiger partial charge < -0.3 is 10.1 Å². The Morgan fingerprint density at radius 3 is 2.79 bits per heavy atom. The smallest absolute Gasteiger partial charge is 0.370 e. The maximum Gasteiger partial charge on any atom is 0.411 e. The summed E-state index contributed by atoms with van der Waals surface area (Å²) in [5.41, 5.74) is 1.36. The summed E-state index contributed by atoms with van der Waals surface area (Å²) >= 11 is 7.47. The molecule has 0 atom stereocenters. The van der Waals surface area contributed by atoms with Crippen LogP contribution in [0.3, 0.4) is 0 Å². The molecule has 0 aliphatic heterocycles. The summed E-state index contributed by atoms with van der Waals surface area (Å²) in [5, 5.41) is 5.51. The van der Waals surface area contributed by atoms with Crippen molar-refractivity contribution in [3.05, 3.63) is 40.4 Å². The first-order chi connectivity index (χ1) is 11.3. The molecule has 1 aromatic carbocycles. The lowest BCUT2D eigenvalue weighted by atomic mass is 10.2. The van der Waals surface area contributed by atoms with E-state index < -0.39 is 12.8 Å². The van der Waals surface area contributed by atoms with E-state index in [2.05, 4.69) is 15.0 Å². The molecule has 1 N–H and O–H groups in total. The fourth-order valence-electron chi connectivity index (χ4n) is 1.82. The van der Waals surface area contributed by atoms with Crippen molar-refractivity contribution >= 4 is 28.8 Å². The first kappa shape index (κ1) is 18.7. The van der Waals surface area contributed by atoms with E-state index in [1.54, 1.807) is 11.4 Å². The minimum absolute atomic E-state index is 0.0103. The summed E-state index contributed by atoms with van der Waals surface area (Å²) in [7, 11) is 0. The van der Waals surface area contributed by atoms with Gasteiger partial charge in [-0.05, 0) is 6.07 Å². The molecule has 0 saturated carbocycles. The number of benzene rings is 1. The van der Waals surface area contributed by atoms with Gasteiger partial charge in [0.1, 0.15) is 11.6 Å². The van der Waals surface area contributed by atoms with E-state index in [-0.39, 0.29) is 25.5 Å². The normalized spacial score (nSPS) is 11.5. The fraction of sp³-hybridized carbons (Fsp3) is 0.333. The van der Waals surface area contributed by atoms with Gasteiger partial charge in [0.05, 0.1) is 23.7 Å². The van der Waals surface area contributed by atoms with Gasteiger partial charge in [0, 0.05) is 17.5 Å². The number of hydrogen-bond acceptors (Lipinski definition) is 4. The van der Waals surface area contributed by atoms with E-state index in [0.717, 1.165) is 5.56 Å². The zero-order valence-corrected chi connectivity index (χ0v) is 14.0. The van der Waals surface area contributed by atoms with Gasteiger partial charge in [-0.1, -0.05) is 29.8 Å². The summed E-state index contributed by atoms with van der Waals surface area (Å²) in [6.45, 7) is -1.51. The summed E-state index contributed by atoms with van der Waals surface area (Å²) < 4.78 is 40.0. The maximum absolute atomic E-state index is 11.9. The van der Waals surface area contributed by atoms with Crippen molar-refractivity contribution in [2.75, 3.05) is 19.8 Å². The molecule has 1 heterocycles. The fourth-order valence-corrected chi connectivity index (χ4v) is 2.96. The Kier molecular flexibility index (Phi) is 6.59. The molecule has 0 unspecified atom stereocenters. The molecule has 130 valence electrons. The van der Waals surface area contributed by atoms with Crippen molar-refractivity contribution in [2.45, 2.75) is 12.6 Å². The Hall–Kier alpha value is -1.64. The number of carbonyl (C=O) groups is 1. The Morgan fingerprint density at radius 2 is 2.08 bits per heavy atom. The summed E-state index contributed by atoms with van der Waals surface area (Å²) in [4.78, 5) is 16.1. The number of rotatable bonds is 7. The van der Waals surface area contributed by atoms with Gasteiger partial charge in [-0.25, -0.2) is 4.98 Å². The van der Waals surface area contributed by atoms with Gasteiger partial charge >= 0.3 is 6.18 Å². The molecule has 2 rings (SSSR count). The van der Waals surface area contributed by atoms with E-state index in [9.17, 15) is 18.0 Å². The van der Waals surface area contributed by atoms with Gasteiger partial charge in [0.2, 0.25) is 5.91 Å². The van der Waals surface area contributed by atoms with Crippen molar-refractivity contribution in [1.82, 2.24) is 10.3 Å². The highest BCUT2D eigenvalue weighted by Crippen LogP contribution is 2.30. The number of amides is 1. The van der Waals surface area contributed by atoms with Crippen LogP contribution < -0.4 is 5.32 Å². The highest BCUT2D eigenvalue weighted by molar-refractivity contribution is 7.13. The van der Waals surface area contributed by atoms with E-state index >= 15 is 0 Å². The van der Waals surface area contributed by atoms with Crippen LogP contribution in [0.5, 0.6) is 0 Å². The van der Waals surface area contributed by atoms with Gasteiger partial charge in [-0.2, -0.15) is 13.2 Å². The number of thiazole rings is 1. The number of halogens is 4. The molecule has 0 aliphatic carbocycles. The largest absolute Gasteiger partial charge is 0.411 e. The molecule has 1 aromatic heterocycles. The third-order valence-corrected chi connectivity index (χ3v) is 4.09. The minimum Gasteiger partial charge on any atom is -0.370 e. The second-order valence-corrected chi connectivity index (χ2v) is 6.08. The number of hydrogen-bond donors (Lipinski definition) is 1. The number of nitrogens with one attached hydrogen (secondary N) is 1. The first-order valence-electron chi connectivity index (χ1n) is 6.95. The second-order valence-electron chi connectivity index (χ2n) is 4.82. The van der Waals surface area contributed by atoms with Crippen LogP contribution in [0.2, 0.25) is 5.02 Å². The minimum atomic E-state index is -4.36.